The monoisotopic (exact) mass is 241 g/mol. The molecule has 0 bridgehead atoms. The molecule has 4 nitrogen and oxygen atoms in total. The van der Waals surface area contributed by atoms with Crippen molar-refractivity contribution in [3.8, 4) is 17.0 Å². The van der Waals surface area contributed by atoms with Crippen molar-refractivity contribution in [3.05, 3.63) is 36.5 Å². The molecule has 0 aliphatic heterocycles. The van der Waals surface area contributed by atoms with E-state index in [4.69, 9.17) is 4.74 Å². The molecule has 1 heterocycles. The lowest BCUT2D eigenvalue weighted by molar-refractivity contribution is 0.303. The summed E-state index contributed by atoms with van der Waals surface area (Å²) in [6.07, 6.45) is 4.50. The zero-order valence-electron chi connectivity index (χ0n) is 10.3. The molecule has 0 saturated heterocycles. The van der Waals surface area contributed by atoms with Crippen LogP contribution >= 0.6 is 0 Å². The molecule has 0 unspecified atom stereocenters. The first-order valence-corrected chi connectivity index (χ1v) is 6.13. The summed E-state index contributed by atoms with van der Waals surface area (Å²) < 4.78 is 5.78. The number of nitrogens with zero attached hydrogens (tertiary/aromatic N) is 2. The zero-order chi connectivity index (χ0) is 12.4. The molecular weight excluding hydrogens is 226 g/mol. The molecule has 1 aliphatic rings. The van der Waals surface area contributed by atoms with Gasteiger partial charge in [0.1, 0.15) is 5.75 Å². The lowest BCUT2D eigenvalue weighted by Gasteiger charge is -2.07. The number of nitrogens with one attached hydrogen (secondary N) is 1. The van der Waals surface area contributed by atoms with Crippen LogP contribution in [0.5, 0.6) is 5.75 Å². The van der Waals surface area contributed by atoms with Gasteiger partial charge in [-0.1, -0.05) is 12.1 Å². The third kappa shape index (κ3) is 2.42. The van der Waals surface area contributed by atoms with E-state index < -0.39 is 0 Å². The van der Waals surface area contributed by atoms with Gasteiger partial charge >= 0.3 is 0 Å². The van der Waals surface area contributed by atoms with Crippen LogP contribution in [0, 0.1) is 0 Å². The van der Waals surface area contributed by atoms with Gasteiger partial charge in [-0.15, -0.1) is 0 Å². The van der Waals surface area contributed by atoms with Gasteiger partial charge in [-0.2, -0.15) is 0 Å². The van der Waals surface area contributed by atoms with Crippen molar-refractivity contribution in [3.63, 3.8) is 0 Å². The van der Waals surface area contributed by atoms with E-state index in [0.717, 1.165) is 17.0 Å². The van der Waals surface area contributed by atoms with Crippen molar-refractivity contribution in [2.75, 3.05) is 12.4 Å². The highest BCUT2D eigenvalue weighted by molar-refractivity contribution is 5.61. The van der Waals surface area contributed by atoms with E-state index >= 15 is 0 Å². The average molecular weight is 241 g/mol. The van der Waals surface area contributed by atoms with Crippen molar-refractivity contribution in [1.82, 2.24) is 9.97 Å². The largest absolute Gasteiger partial charge is 0.490 e. The van der Waals surface area contributed by atoms with Gasteiger partial charge in [-0.05, 0) is 31.0 Å². The summed E-state index contributed by atoms with van der Waals surface area (Å²) in [6, 6.07) is 9.94. The predicted molar refractivity (Wildman–Crippen MR) is 70.7 cm³/mol. The molecule has 1 saturated carbocycles. The Morgan fingerprint density at radius 3 is 2.94 bits per heavy atom. The second-order valence-electron chi connectivity index (χ2n) is 4.36. The molecule has 0 amide bonds. The molecule has 1 aromatic heterocycles. The third-order valence-electron chi connectivity index (χ3n) is 2.84. The van der Waals surface area contributed by atoms with Gasteiger partial charge in [-0.25, -0.2) is 9.97 Å². The fourth-order valence-corrected chi connectivity index (χ4v) is 1.75. The summed E-state index contributed by atoms with van der Waals surface area (Å²) in [5.74, 6) is 1.54. The Hall–Kier alpha value is -2.10. The first-order valence-electron chi connectivity index (χ1n) is 6.13. The van der Waals surface area contributed by atoms with Crippen LogP contribution in [-0.4, -0.2) is 23.1 Å². The van der Waals surface area contributed by atoms with Crippen molar-refractivity contribution in [2.45, 2.75) is 18.9 Å². The van der Waals surface area contributed by atoms with E-state index in [0.29, 0.717) is 12.1 Å². The van der Waals surface area contributed by atoms with Gasteiger partial charge in [-0.3, -0.25) is 0 Å². The van der Waals surface area contributed by atoms with Crippen LogP contribution < -0.4 is 10.1 Å². The van der Waals surface area contributed by atoms with Gasteiger partial charge in [0.25, 0.3) is 0 Å². The van der Waals surface area contributed by atoms with Crippen molar-refractivity contribution >= 4 is 5.95 Å². The normalized spacial score (nSPS) is 14.3. The first-order chi connectivity index (χ1) is 8.85. The summed E-state index contributed by atoms with van der Waals surface area (Å²) in [5.41, 5.74) is 1.95. The van der Waals surface area contributed by atoms with E-state index in [1.807, 2.05) is 37.4 Å². The molecule has 92 valence electrons. The SMILES string of the molecule is CNc1nccc(-c2cccc(OC3CC3)c2)n1. The summed E-state index contributed by atoms with van der Waals surface area (Å²) in [5, 5.41) is 2.94. The first kappa shape index (κ1) is 11.0. The zero-order valence-corrected chi connectivity index (χ0v) is 10.3. The molecular formula is C14H15N3O. The van der Waals surface area contributed by atoms with Crippen LogP contribution in [0.25, 0.3) is 11.3 Å². The Bertz CT molecular complexity index is 552. The van der Waals surface area contributed by atoms with E-state index in [-0.39, 0.29) is 0 Å². The van der Waals surface area contributed by atoms with Gasteiger partial charge in [0.2, 0.25) is 5.95 Å². The lowest BCUT2D eigenvalue weighted by atomic mass is 10.1. The number of hydrogen-bond acceptors (Lipinski definition) is 4. The highest BCUT2D eigenvalue weighted by atomic mass is 16.5. The van der Waals surface area contributed by atoms with Gasteiger partial charge in [0, 0.05) is 18.8 Å². The van der Waals surface area contributed by atoms with Crippen molar-refractivity contribution in [2.24, 2.45) is 0 Å². The fourth-order valence-electron chi connectivity index (χ4n) is 1.75. The maximum Gasteiger partial charge on any atom is 0.222 e. The van der Waals surface area contributed by atoms with Crippen LogP contribution in [-0.2, 0) is 0 Å². The molecule has 0 atom stereocenters. The Morgan fingerprint density at radius 2 is 2.17 bits per heavy atom. The number of benzene rings is 1. The molecule has 18 heavy (non-hydrogen) atoms. The number of rotatable bonds is 4. The molecule has 1 aliphatic carbocycles. The number of ether oxygens (including phenoxy) is 1. The van der Waals surface area contributed by atoms with Gasteiger partial charge in [0.15, 0.2) is 0 Å². The Labute approximate surface area is 106 Å². The molecule has 4 heteroatoms. The Morgan fingerprint density at radius 1 is 1.28 bits per heavy atom. The van der Waals surface area contributed by atoms with Crippen LogP contribution in [0.4, 0.5) is 5.95 Å². The van der Waals surface area contributed by atoms with Crippen LogP contribution in [0.2, 0.25) is 0 Å². The standard InChI is InChI=1S/C14H15N3O/c1-15-14-16-8-7-13(17-14)10-3-2-4-12(9-10)18-11-5-6-11/h2-4,7-9,11H,5-6H2,1H3,(H,15,16,17). The molecule has 3 rings (SSSR count). The average Bonchev–Trinajstić information content (AvgIpc) is 3.23. The topological polar surface area (TPSA) is 47.0 Å². The summed E-state index contributed by atoms with van der Waals surface area (Å²) in [7, 11) is 1.81. The van der Waals surface area contributed by atoms with E-state index in [1.54, 1.807) is 6.20 Å². The van der Waals surface area contributed by atoms with E-state index in [1.165, 1.54) is 12.8 Å². The van der Waals surface area contributed by atoms with Gasteiger partial charge in [0.05, 0.1) is 11.8 Å². The minimum absolute atomic E-state index is 0.415. The quantitative estimate of drug-likeness (QED) is 0.894. The minimum atomic E-state index is 0.415. The maximum absolute atomic E-state index is 5.78. The molecule has 1 aromatic carbocycles. The summed E-state index contributed by atoms with van der Waals surface area (Å²) in [6.45, 7) is 0. The lowest BCUT2D eigenvalue weighted by Crippen LogP contribution is -1.98. The Kier molecular flexibility index (Phi) is 2.84. The Balaban J connectivity index is 1.89. The third-order valence-corrected chi connectivity index (χ3v) is 2.84. The van der Waals surface area contributed by atoms with Crippen molar-refractivity contribution < 1.29 is 4.74 Å². The van der Waals surface area contributed by atoms with Crippen molar-refractivity contribution in [1.29, 1.82) is 0 Å². The van der Waals surface area contributed by atoms with E-state index in [9.17, 15) is 0 Å². The second-order valence-corrected chi connectivity index (χ2v) is 4.36. The molecule has 0 radical (unpaired) electrons. The molecule has 0 spiro atoms. The second kappa shape index (κ2) is 4.64. The maximum atomic E-state index is 5.78. The smallest absolute Gasteiger partial charge is 0.222 e. The number of anilines is 1. The van der Waals surface area contributed by atoms with Crippen LogP contribution in [0.15, 0.2) is 36.5 Å². The number of hydrogen-bond donors (Lipinski definition) is 1. The van der Waals surface area contributed by atoms with Crippen LogP contribution in [0.1, 0.15) is 12.8 Å². The summed E-state index contributed by atoms with van der Waals surface area (Å²) in [4.78, 5) is 8.53. The number of aromatic nitrogens is 2. The molecule has 2 aromatic rings. The highest BCUT2D eigenvalue weighted by Crippen LogP contribution is 2.29. The minimum Gasteiger partial charge on any atom is -0.490 e. The predicted octanol–water partition coefficient (Wildman–Crippen LogP) is 2.73. The fraction of sp³-hybridized carbons (Fsp3) is 0.286. The highest BCUT2D eigenvalue weighted by Gasteiger charge is 2.23. The summed E-state index contributed by atoms with van der Waals surface area (Å²) >= 11 is 0. The molecule has 1 fully saturated rings. The van der Waals surface area contributed by atoms with Gasteiger partial charge < -0.3 is 10.1 Å². The molecule has 1 N–H and O–H groups in total. The van der Waals surface area contributed by atoms with E-state index in [2.05, 4.69) is 15.3 Å². The van der Waals surface area contributed by atoms with Crippen LogP contribution in [0.3, 0.4) is 0 Å².